The Labute approximate surface area is 119 Å². The molecule has 0 spiro atoms. The van der Waals surface area contributed by atoms with Crippen LogP contribution in [0.1, 0.15) is 26.2 Å². The molecular weight excluding hydrogens is 265 g/mol. The maximum atomic E-state index is 6.00. The summed E-state index contributed by atoms with van der Waals surface area (Å²) in [6.45, 7) is 2.65. The van der Waals surface area contributed by atoms with Crippen molar-refractivity contribution in [3.05, 3.63) is 28.2 Å². The predicted octanol–water partition coefficient (Wildman–Crippen LogP) is 4.60. The van der Waals surface area contributed by atoms with E-state index in [1.54, 1.807) is 18.2 Å². The second kappa shape index (κ2) is 8.76. The van der Waals surface area contributed by atoms with Crippen LogP contribution in [0.3, 0.4) is 0 Å². The molecule has 0 amide bonds. The van der Waals surface area contributed by atoms with Crippen molar-refractivity contribution in [2.45, 2.75) is 26.2 Å². The van der Waals surface area contributed by atoms with Crippen molar-refractivity contribution in [3.8, 4) is 23.7 Å². The quantitative estimate of drug-likeness (QED) is 0.627. The van der Waals surface area contributed by atoms with Gasteiger partial charge in [-0.2, -0.15) is 0 Å². The zero-order valence-corrected chi connectivity index (χ0v) is 11.8. The van der Waals surface area contributed by atoms with Crippen LogP contribution in [0.2, 0.25) is 10.0 Å². The standard InChI is InChI=1S/C15H15Cl2N/c1-2-3-4-5-6-7-8-11-18-15-12-13(16)9-10-14(15)17/h9-10,12,18H,2-4,11H2,1H3. The summed E-state index contributed by atoms with van der Waals surface area (Å²) in [4.78, 5) is 0. The summed E-state index contributed by atoms with van der Waals surface area (Å²) in [5.41, 5.74) is 0.789. The second-order valence-electron chi connectivity index (χ2n) is 3.68. The number of hydrogen-bond donors (Lipinski definition) is 1. The minimum atomic E-state index is 0.503. The highest BCUT2D eigenvalue weighted by atomic mass is 35.5. The number of anilines is 1. The van der Waals surface area contributed by atoms with Gasteiger partial charge in [-0.25, -0.2) is 0 Å². The fourth-order valence-corrected chi connectivity index (χ4v) is 1.59. The monoisotopic (exact) mass is 279 g/mol. The van der Waals surface area contributed by atoms with Gasteiger partial charge in [-0.1, -0.05) is 48.4 Å². The van der Waals surface area contributed by atoms with Crippen molar-refractivity contribution in [3.63, 3.8) is 0 Å². The highest BCUT2D eigenvalue weighted by Gasteiger charge is 1.98. The van der Waals surface area contributed by atoms with E-state index in [9.17, 15) is 0 Å². The Morgan fingerprint density at radius 2 is 1.94 bits per heavy atom. The summed E-state index contributed by atoms with van der Waals surface area (Å²) in [6.07, 6.45) is 3.21. The second-order valence-corrected chi connectivity index (χ2v) is 4.53. The Hall–Kier alpha value is -1.28. The molecule has 0 saturated carbocycles. The fraction of sp³-hybridized carbons (Fsp3) is 0.333. The molecule has 0 saturated heterocycles. The van der Waals surface area contributed by atoms with Crippen LogP contribution in [-0.2, 0) is 0 Å². The van der Waals surface area contributed by atoms with Gasteiger partial charge in [0.2, 0.25) is 0 Å². The molecule has 3 heteroatoms. The minimum Gasteiger partial charge on any atom is -0.373 e. The van der Waals surface area contributed by atoms with E-state index in [1.807, 2.05) is 0 Å². The lowest BCUT2D eigenvalue weighted by Crippen LogP contribution is -1.98. The van der Waals surface area contributed by atoms with Gasteiger partial charge < -0.3 is 5.32 Å². The third-order valence-corrected chi connectivity index (χ3v) is 2.75. The highest BCUT2D eigenvalue weighted by molar-refractivity contribution is 6.35. The SMILES string of the molecule is CCCCC#CC#CCNc1cc(Cl)ccc1Cl. The third kappa shape index (κ3) is 5.87. The molecular formula is C15H15Cl2N. The molecule has 0 aliphatic carbocycles. The van der Waals surface area contributed by atoms with Crippen LogP contribution in [0.5, 0.6) is 0 Å². The lowest BCUT2D eigenvalue weighted by Gasteiger charge is -2.04. The molecule has 0 bridgehead atoms. The number of unbranched alkanes of at least 4 members (excludes halogenated alkanes) is 2. The van der Waals surface area contributed by atoms with Gasteiger partial charge in [-0.15, -0.1) is 0 Å². The molecule has 1 aromatic rings. The average Bonchev–Trinajstić information content (AvgIpc) is 2.36. The van der Waals surface area contributed by atoms with Gasteiger partial charge in [-0.3, -0.25) is 0 Å². The highest BCUT2D eigenvalue weighted by Crippen LogP contribution is 2.24. The van der Waals surface area contributed by atoms with E-state index in [2.05, 4.69) is 35.9 Å². The van der Waals surface area contributed by atoms with Crippen molar-refractivity contribution in [2.75, 3.05) is 11.9 Å². The zero-order chi connectivity index (χ0) is 13.2. The molecule has 0 unspecified atom stereocenters. The number of nitrogens with one attached hydrogen (secondary N) is 1. The normalized spacial score (nSPS) is 8.83. The third-order valence-electron chi connectivity index (χ3n) is 2.19. The molecule has 18 heavy (non-hydrogen) atoms. The van der Waals surface area contributed by atoms with Gasteiger partial charge in [0.25, 0.3) is 0 Å². The van der Waals surface area contributed by atoms with Crippen molar-refractivity contribution < 1.29 is 0 Å². The van der Waals surface area contributed by atoms with E-state index in [-0.39, 0.29) is 0 Å². The molecule has 0 aromatic heterocycles. The Kier molecular flexibility index (Phi) is 7.19. The number of halogens is 2. The van der Waals surface area contributed by atoms with Crippen LogP contribution >= 0.6 is 23.2 Å². The van der Waals surface area contributed by atoms with Gasteiger partial charge in [0, 0.05) is 11.4 Å². The van der Waals surface area contributed by atoms with Gasteiger partial charge >= 0.3 is 0 Å². The molecule has 0 aliphatic rings. The summed E-state index contributed by atoms with van der Waals surface area (Å²) >= 11 is 11.9. The molecule has 1 nitrogen and oxygen atoms in total. The minimum absolute atomic E-state index is 0.503. The first-order valence-electron chi connectivity index (χ1n) is 5.88. The Morgan fingerprint density at radius 1 is 1.17 bits per heavy atom. The summed E-state index contributed by atoms with van der Waals surface area (Å²) in [5.74, 6) is 11.5. The summed E-state index contributed by atoms with van der Waals surface area (Å²) in [5, 5.41) is 4.38. The number of benzene rings is 1. The van der Waals surface area contributed by atoms with Crippen LogP contribution < -0.4 is 5.32 Å². The molecule has 0 radical (unpaired) electrons. The van der Waals surface area contributed by atoms with E-state index < -0.39 is 0 Å². The van der Waals surface area contributed by atoms with Crippen molar-refractivity contribution in [2.24, 2.45) is 0 Å². The maximum absolute atomic E-state index is 6.00. The predicted molar refractivity (Wildman–Crippen MR) is 80.0 cm³/mol. The molecule has 1 N–H and O–H groups in total. The average molecular weight is 280 g/mol. The molecule has 0 atom stereocenters. The number of rotatable bonds is 4. The first kappa shape index (κ1) is 14.8. The van der Waals surface area contributed by atoms with Crippen LogP contribution in [-0.4, -0.2) is 6.54 Å². The topological polar surface area (TPSA) is 12.0 Å². The molecule has 0 heterocycles. The lowest BCUT2D eigenvalue weighted by molar-refractivity contribution is 0.828. The first-order valence-corrected chi connectivity index (χ1v) is 6.64. The van der Waals surface area contributed by atoms with Crippen LogP contribution in [0, 0.1) is 23.7 Å². The molecule has 94 valence electrons. The Balaban J connectivity index is 2.39. The Morgan fingerprint density at radius 3 is 2.72 bits per heavy atom. The zero-order valence-electron chi connectivity index (χ0n) is 10.3. The Bertz CT molecular complexity index is 501. The van der Waals surface area contributed by atoms with Crippen LogP contribution in [0.15, 0.2) is 18.2 Å². The van der Waals surface area contributed by atoms with Gasteiger partial charge in [-0.05, 0) is 36.5 Å². The largest absolute Gasteiger partial charge is 0.373 e. The lowest BCUT2D eigenvalue weighted by atomic mass is 10.2. The van der Waals surface area contributed by atoms with Crippen molar-refractivity contribution in [1.82, 2.24) is 0 Å². The summed E-state index contributed by atoms with van der Waals surface area (Å²) < 4.78 is 0. The van der Waals surface area contributed by atoms with E-state index >= 15 is 0 Å². The van der Waals surface area contributed by atoms with Gasteiger partial charge in [0.05, 0.1) is 17.3 Å². The first-order chi connectivity index (χ1) is 8.74. The van der Waals surface area contributed by atoms with Crippen LogP contribution in [0.25, 0.3) is 0 Å². The van der Waals surface area contributed by atoms with Crippen LogP contribution in [0.4, 0.5) is 5.69 Å². The smallest absolute Gasteiger partial charge is 0.0776 e. The maximum Gasteiger partial charge on any atom is 0.0776 e. The molecule has 1 rings (SSSR count). The van der Waals surface area contributed by atoms with E-state index in [4.69, 9.17) is 23.2 Å². The van der Waals surface area contributed by atoms with Gasteiger partial charge in [0.15, 0.2) is 0 Å². The molecule has 0 fully saturated rings. The van der Waals surface area contributed by atoms with E-state index in [1.165, 1.54) is 0 Å². The summed E-state index contributed by atoms with van der Waals surface area (Å²) in [7, 11) is 0. The molecule has 1 aromatic carbocycles. The summed E-state index contributed by atoms with van der Waals surface area (Å²) in [6, 6.07) is 5.28. The van der Waals surface area contributed by atoms with Gasteiger partial charge in [0.1, 0.15) is 0 Å². The molecule has 0 aliphatic heterocycles. The van der Waals surface area contributed by atoms with E-state index in [0.717, 1.165) is 24.9 Å². The van der Waals surface area contributed by atoms with Crippen molar-refractivity contribution in [1.29, 1.82) is 0 Å². The fourth-order valence-electron chi connectivity index (χ4n) is 1.23. The van der Waals surface area contributed by atoms with Crippen molar-refractivity contribution >= 4 is 28.9 Å². The van der Waals surface area contributed by atoms with E-state index in [0.29, 0.717) is 16.6 Å². The number of hydrogen-bond acceptors (Lipinski definition) is 1.